The summed E-state index contributed by atoms with van der Waals surface area (Å²) in [6.45, 7) is 3.48. The number of anilines is 1. The van der Waals surface area contributed by atoms with Crippen molar-refractivity contribution in [1.82, 2.24) is 35.6 Å². The van der Waals surface area contributed by atoms with Gasteiger partial charge in [0, 0.05) is 52.5 Å². The van der Waals surface area contributed by atoms with Crippen molar-refractivity contribution in [3.05, 3.63) is 89.7 Å². The van der Waals surface area contributed by atoms with Gasteiger partial charge >= 0.3 is 5.97 Å². The lowest BCUT2D eigenvalue weighted by Gasteiger charge is -2.40. The number of aromatic hydroxyl groups is 1. The number of nitrogens with one attached hydrogen (secondary N) is 3. The highest BCUT2D eigenvalue weighted by atomic mass is 16.5. The molecule has 1 aromatic heterocycles. The second-order valence-corrected chi connectivity index (χ2v) is 16.2. The maximum Gasteiger partial charge on any atom is 0.333 e. The number of ether oxygens (including phenoxy) is 1. The van der Waals surface area contributed by atoms with Crippen molar-refractivity contribution in [2.24, 2.45) is 0 Å². The minimum atomic E-state index is -1.63. The van der Waals surface area contributed by atoms with Crippen LogP contribution in [0.1, 0.15) is 80.0 Å². The van der Waals surface area contributed by atoms with Gasteiger partial charge in [0.05, 0.1) is 0 Å². The highest BCUT2D eigenvalue weighted by molar-refractivity contribution is 6.00. The molecule has 17 nitrogen and oxygen atoms in total. The SMILES string of the molecule is CC[C@H]1NC(=O)C(NC(=O)c2ncccc2O)[C@@H](C)OC(=O)[C@H](c2ccccc2)NC(=O)[C@@H]2CCCCN2C(=O)[C@H](Cc2ccc(N(C)C)cc2)N(C)C(=O)[C@@H]2CCCN2C1=O. The number of carbonyl (C=O) groups is 7. The minimum absolute atomic E-state index is 0.0935. The lowest BCUT2D eigenvalue weighted by atomic mass is 9.96. The van der Waals surface area contributed by atoms with Crippen LogP contribution in [0.5, 0.6) is 5.75 Å². The van der Waals surface area contributed by atoms with Crippen LogP contribution in [-0.2, 0) is 39.9 Å². The van der Waals surface area contributed by atoms with E-state index >= 15 is 0 Å². The fourth-order valence-corrected chi connectivity index (χ4v) is 8.34. The van der Waals surface area contributed by atoms with Crippen molar-refractivity contribution >= 4 is 47.1 Å². The van der Waals surface area contributed by atoms with Gasteiger partial charge in [0.2, 0.25) is 29.5 Å². The first-order valence-electron chi connectivity index (χ1n) is 21.1. The second-order valence-electron chi connectivity index (χ2n) is 16.2. The van der Waals surface area contributed by atoms with Gasteiger partial charge in [-0.3, -0.25) is 28.8 Å². The molecule has 6 amide bonds. The molecule has 3 aliphatic heterocycles. The van der Waals surface area contributed by atoms with E-state index in [0.29, 0.717) is 31.2 Å². The molecular weight excluding hydrogens is 797 g/mol. The summed E-state index contributed by atoms with van der Waals surface area (Å²) in [5.74, 6) is -5.37. The number of aromatic nitrogens is 1. The molecule has 3 aliphatic rings. The van der Waals surface area contributed by atoms with Crippen molar-refractivity contribution in [2.75, 3.05) is 39.1 Å². The second kappa shape index (κ2) is 19.9. The first-order chi connectivity index (χ1) is 29.7. The molecule has 17 heteroatoms. The average molecular weight is 853 g/mol. The van der Waals surface area contributed by atoms with Crippen LogP contribution in [0.2, 0.25) is 0 Å². The number of amides is 6. The van der Waals surface area contributed by atoms with Crippen LogP contribution >= 0.6 is 0 Å². The molecule has 0 bridgehead atoms. The molecule has 3 saturated heterocycles. The predicted octanol–water partition coefficient (Wildman–Crippen LogP) is 2.09. The van der Waals surface area contributed by atoms with Gasteiger partial charge in [-0.1, -0.05) is 49.4 Å². The zero-order valence-electron chi connectivity index (χ0n) is 35.8. The van der Waals surface area contributed by atoms with E-state index in [2.05, 4.69) is 20.9 Å². The average Bonchev–Trinajstić information content (AvgIpc) is 3.77. The molecule has 4 heterocycles. The number of nitrogens with zero attached hydrogens (tertiary/aromatic N) is 5. The van der Waals surface area contributed by atoms with Crippen LogP contribution in [0.15, 0.2) is 72.9 Å². The molecule has 0 aliphatic carbocycles. The lowest BCUT2D eigenvalue weighted by Crippen LogP contribution is -2.61. The van der Waals surface area contributed by atoms with Gasteiger partial charge < -0.3 is 45.4 Å². The highest BCUT2D eigenvalue weighted by Crippen LogP contribution is 2.27. The molecule has 7 atom stereocenters. The molecule has 330 valence electrons. The van der Waals surface area contributed by atoms with E-state index in [1.807, 2.05) is 43.3 Å². The minimum Gasteiger partial charge on any atom is -0.505 e. The molecule has 62 heavy (non-hydrogen) atoms. The molecule has 6 rings (SSSR count). The van der Waals surface area contributed by atoms with Crippen molar-refractivity contribution in [3.8, 4) is 5.75 Å². The number of benzene rings is 2. The third kappa shape index (κ3) is 9.98. The first kappa shape index (κ1) is 45.0. The maximum atomic E-state index is 15.0. The van der Waals surface area contributed by atoms with Gasteiger partial charge in [-0.15, -0.1) is 0 Å². The van der Waals surface area contributed by atoms with Crippen LogP contribution in [0.4, 0.5) is 5.69 Å². The molecule has 4 N–H and O–H groups in total. The standard InChI is InChI=1S/C45H56N8O9/c1-6-31-42(58)53-25-13-17-33(53)43(59)51(5)34(26-28-19-21-30(22-20-28)50(3)4)44(60)52-24-11-10-16-32(52)39(55)49-37(29-14-8-7-9-15-29)45(61)62-27(2)36(40(56)47-31)48-41(57)38-35(54)18-12-23-46-38/h7-9,12,14-15,18-23,27,31-34,36-37,54H,6,10-11,13,16-17,24-26H2,1-5H3,(H,47,56)(H,48,57)(H,49,55)/t27-,31-,32+,33+,34+,36?,37+/m1/s1. The van der Waals surface area contributed by atoms with Gasteiger partial charge in [0.25, 0.3) is 5.91 Å². The summed E-state index contributed by atoms with van der Waals surface area (Å²) >= 11 is 0. The van der Waals surface area contributed by atoms with Crippen molar-refractivity contribution in [3.63, 3.8) is 0 Å². The Morgan fingerprint density at radius 1 is 0.839 bits per heavy atom. The van der Waals surface area contributed by atoms with E-state index in [-0.39, 0.29) is 32.4 Å². The summed E-state index contributed by atoms with van der Waals surface area (Å²) in [6, 6.07) is 11.3. The molecule has 0 saturated carbocycles. The number of hydrogen-bond acceptors (Lipinski definition) is 11. The molecule has 3 aromatic rings. The molecule has 0 spiro atoms. The summed E-state index contributed by atoms with van der Waals surface area (Å²) in [5.41, 5.74) is 1.67. The Bertz CT molecular complexity index is 2130. The van der Waals surface area contributed by atoms with E-state index < -0.39 is 95.2 Å². The van der Waals surface area contributed by atoms with E-state index in [1.54, 1.807) is 37.3 Å². The normalized spacial score (nSPS) is 25.6. The molecular formula is C45H56N8O9. The van der Waals surface area contributed by atoms with Crippen LogP contribution in [-0.4, -0.2) is 137 Å². The number of piperidine rings is 1. The monoisotopic (exact) mass is 852 g/mol. The Balaban J connectivity index is 1.42. The zero-order chi connectivity index (χ0) is 44.7. The first-order valence-corrected chi connectivity index (χ1v) is 21.1. The van der Waals surface area contributed by atoms with Crippen LogP contribution in [0.25, 0.3) is 0 Å². The highest BCUT2D eigenvalue weighted by Gasteiger charge is 2.45. The fourth-order valence-electron chi connectivity index (χ4n) is 8.34. The van der Waals surface area contributed by atoms with Gasteiger partial charge in [-0.2, -0.15) is 0 Å². The number of rotatable bonds is 7. The van der Waals surface area contributed by atoms with Gasteiger partial charge in [-0.25, -0.2) is 9.78 Å². The Kier molecular flexibility index (Phi) is 14.5. The molecule has 1 unspecified atom stereocenters. The molecule has 2 aromatic carbocycles. The van der Waals surface area contributed by atoms with Crippen LogP contribution < -0.4 is 20.9 Å². The molecule has 0 radical (unpaired) electrons. The number of pyridine rings is 1. The summed E-state index contributed by atoms with van der Waals surface area (Å²) in [6.07, 6.45) is 2.38. The number of hydrogen-bond donors (Lipinski definition) is 4. The number of esters is 1. The fraction of sp³-hybridized carbons (Fsp3) is 0.467. The quantitative estimate of drug-likeness (QED) is 0.253. The number of likely N-dealkylation sites (N-methyl/N-ethyl adjacent to an activating group) is 1. The van der Waals surface area contributed by atoms with Crippen molar-refractivity contribution in [2.45, 2.75) is 101 Å². The summed E-state index contributed by atoms with van der Waals surface area (Å²) in [5, 5.41) is 18.4. The number of carbonyl (C=O) groups excluding carboxylic acids is 7. The van der Waals surface area contributed by atoms with E-state index in [1.165, 1.54) is 47.0 Å². The van der Waals surface area contributed by atoms with Crippen LogP contribution in [0.3, 0.4) is 0 Å². The largest absolute Gasteiger partial charge is 0.505 e. The zero-order valence-corrected chi connectivity index (χ0v) is 35.8. The Morgan fingerprint density at radius 2 is 1.52 bits per heavy atom. The van der Waals surface area contributed by atoms with Gasteiger partial charge in [-0.05, 0) is 80.8 Å². The van der Waals surface area contributed by atoms with Gasteiger partial charge in [0.1, 0.15) is 42.1 Å². The number of fused-ring (bicyclic) bond motifs is 2. The van der Waals surface area contributed by atoms with Crippen molar-refractivity contribution in [1.29, 1.82) is 0 Å². The summed E-state index contributed by atoms with van der Waals surface area (Å²) < 4.78 is 5.90. The maximum absolute atomic E-state index is 15.0. The third-order valence-corrected chi connectivity index (χ3v) is 11.9. The van der Waals surface area contributed by atoms with E-state index in [4.69, 9.17) is 4.74 Å². The third-order valence-electron chi connectivity index (χ3n) is 11.9. The smallest absolute Gasteiger partial charge is 0.333 e. The van der Waals surface area contributed by atoms with E-state index in [9.17, 15) is 38.7 Å². The summed E-state index contributed by atoms with van der Waals surface area (Å²) in [7, 11) is 5.37. The lowest BCUT2D eigenvalue weighted by molar-refractivity contribution is -0.156. The topological polar surface area (TPSA) is 211 Å². The van der Waals surface area contributed by atoms with Crippen molar-refractivity contribution < 1.29 is 43.4 Å². The Morgan fingerprint density at radius 3 is 2.19 bits per heavy atom. The van der Waals surface area contributed by atoms with Crippen LogP contribution in [0, 0.1) is 0 Å². The van der Waals surface area contributed by atoms with E-state index in [0.717, 1.165) is 11.3 Å². The molecule has 3 fully saturated rings. The number of cyclic esters (lactones) is 1. The Hall–Kier alpha value is -6.52. The Labute approximate surface area is 361 Å². The van der Waals surface area contributed by atoms with Gasteiger partial charge in [0.15, 0.2) is 11.7 Å². The predicted molar refractivity (Wildman–Crippen MR) is 227 cm³/mol. The summed E-state index contributed by atoms with van der Waals surface area (Å²) in [4.78, 5) is 111.